The Labute approximate surface area is 156 Å². The normalized spacial score (nSPS) is 13.4. The molecule has 3 N–H and O–H groups in total. The number of nitrogens with zero attached hydrogens (tertiary/aromatic N) is 1. The highest BCUT2D eigenvalue weighted by atomic mass is 16.1. The third-order valence-electron chi connectivity index (χ3n) is 4.42. The van der Waals surface area contributed by atoms with Crippen LogP contribution in [0, 0.1) is 13.8 Å². The molecular weight excluding hydrogens is 340 g/mol. The predicted octanol–water partition coefficient (Wildman–Crippen LogP) is 1.36. The molecule has 0 unspecified atom stereocenters. The van der Waals surface area contributed by atoms with E-state index in [1.165, 1.54) is 0 Å². The van der Waals surface area contributed by atoms with E-state index in [1.54, 1.807) is 18.5 Å². The Kier molecular flexibility index (Phi) is 4.74. The van der Waals surface area contributed by atoms with Crippen LogP contribution in [0.3, 0.4) is 0 Å². The summed E-state index contributed by atoms with van der Waals surface area (Å²) in [4.78, 5) is 37.7. The molecule has 0 saturated heterocycles. The molecule has 140 valence electrons. The van der Waals surface area contributed by atoms with Crippen molar-refractivity contribution < 1.29 is 0 Å². The summed E-state index contributed by atoms with van der Waals surface area (Å²) in [5.74, 6) is 0. The van der Waals surface area contributed by atoms with Crippen molar-refractivity contribution in [2.24, 2.45) is 0 Å². The maximum atomic E-state index is 12.5. The first-order chi connectivity index (χ1) is 12.6. The standard InChI is InChI=1S/C21H24N4O2/c1-12-6-7-13(2)14(8-12)9-16-19(26)25-17(20(27)24-16)10-15-18(21(3,4)5)23-11-22-15/h6-11H,1-5H3,(H,22,23)(H,24,27)(H,25,26). The van der Waals surface area contributed by atoms with Crippen molar-refractivity contribution >= 4 is 12.2 Å². The van der Waals surface area contributed by atoms with E-state index in [0.717, 1.165) is 22.4 Å². The number of aromatic amines is 3. The van der Waals surface area contributed by atoms with E-state index in [1.807, 2.05) is 52.8 Å². The van der Waals surface area contributed by atoms with Crippen molar-refractivity contribution in [1.82, 2.24) is 19.9 Å². The van der Waals surface area contributed by atoms with Crippen LogP contribution in [-0.4, -0.2) is 19.9 Å². The number of aryl methyl sites for hydroxylation is 2. The summed E-state index contributed by atoms with van der Waals surface area (Å²) in [5.41, 5.74) is 3.67. The second kappa shape index (κ2) is 6.87. The van der Waals surface area contributed by atoms with Crippen LogP contribution in [0.1, 0.15) is 48.8 Å². The number of aromatic nitrogens is 4. The fraction of sp³-hybridized carbons (Fsp3) is 0.286. The quantitative estimate of drug-likeness (QED) is 0.641. The molecule has 0 amide bonds. The summed E-state index contributed by atoms with van der Waals surface area (Å²) in [5, 5.41) is 0.402. The minimum Gasteiger partial charge on any atom is -0.348 e. The molecule has 0 atom stereocenters. The lowest BCUT2D eigenvalue weighted by Gasteiger charge is -2.16. The van der Waals surface area contributed by atoms with Gasteiger partial charge in [0.15, 0.2) is 0 Å². The van der Waals surface area contributed by atoms with E-state index in [9.17, 15) is 9.59 Å². The summed E-state index contributed by atoms with van der Waals surface area (Å²) in [7, 11) is 0. The zero-order chi connectivity index (χ0) is 19.8. The lowest BCUT2D eigenvalue weighted by Crippen LogP contribution is -2.46. The summed E-state index contributed by atoms with van der Waals surface area (Å²) in [6.45, 7) is 10.1. The van der Waals surface area contributed by atoms with Crippen LogP contribution in [-0.2, 0) is 5.41 Å². The second-order valence-electron chi connectivity index (χ2n) is 7.80. The average molecular weight is 364 g/mol. The number of benzene rings is 1. The number of imidazole rings is 1. The maximum Gasteiger partial charge on any atom is 0.272 e. The summed E-state index contributed by atoms with van der Waals surface area (Å²) in [6.07, 6.45) is 4.88. The Hall–Kier alpha value is -3.15. The van der Waals surface area contributed by atoms with Gasteiger partial charge in [-0.3, -0.25) is 9.59 Å². The van der Waals surface area contributed by atoms with Crippen LogP contribution >= 0.6 is 0 Å². The molecule has 1 aromatic carbocycles. The Morgan fingerprint density at radius 2 is 1.59 bits per heavy atom. The molecule has 6 heteroatoms. The van der Waals surface area contributed by atoms with Gasteiger partial charge in [-0.1, -0.05) is 44.5 Å². The predicted molar refractivity (Wildman–Crippen MR) is 107 cm³/mol. The zero-order valence-corrected chi connectivity index (χ0v) is 16.2. The molecule has 2 aromatic heterocycles. The van der Waals surface area contributed by atoms with E-state index in [2.05, 4.69) is 19.9 Å². The average Bonchev–Trinajstić information content (AvgIpc) is 3.04. The SMILES string of the molecule is Cc1ccc(C)c(C=c2[nH]c(=O)c(=Cc3nc[nH]c3C(C)(C)C)[nH]c2=O)c1. The Morgan fingerprint density at radius 1 is 0.963 bits per heavy atom. The van der Waals surface area contributed by atoms with Gasteiger partial charge in [0.25, 0.3) is 11.1 Å². The van der Waals surface area contributed by atoms with Crippen molar-refractivity contribution in [3.05, 3.63) is 84.0 Å². The smallest absolute Gasteiger partial charge is 0.272 e. The zero-order valence-electron chi connectivity index (χ0n) is 16.2. The van der Waals surface area contributed by atoms with Gasteiger partial charge in [0.05, 0.1) is 12.0 Å². The number of nitrogens with one attached hydrogen (secondary N) is 3. The first kappa shape index (κ1) is 18.6. The lowest BCUT2D eigenvalue weighted by atomic mass is 9.90. The van der Waals surface area contributed by atoms with Crippen LogP contribution in [0.5, 0.6) is 0 Å². The third kappa shape index (κ3) is 4.00. The van der Waals surface area contributed by atoms with Crippen LogP contribution < -0.4 is 21.8 Å². The van der Waals surface area contributed by atoms with E-state index in [-0.39, 0.29) is 27.2 Å². The molecule has 0 fully saturated rings. The third-order valence-corrected chi connectivity index (χ3v) is 4.42. The highest BCUT2D eigenvalue weighted by molar-refractivity contribution is 5.53. The van der Waals surface area contributed by atoms with E-state index in [0.29, 0.717) is 5.69 Å². The molecule has 0 radical (unpaired) electrons. The van der Waals surface area contributed by atoms with Gasteiger partial charge in [0.2, 0.25) is 0 Å². The van der Waals surface area contributed by atoms with Gasteiger partial charge in [0, 0.05) is 11.1 Å². The molecule has 0 saturated carbocycles. The number of H-pyrrole nitrogens is 3. The second-order valence-corrected chi connectivity index (χ2v) is 7.80. The molecule has 0 aliphatic carbocycles. The van der Waals surface area contributed by atoms with Gasteiger partial charge < -0.3 is 15.0 Å². The van der Waals surface area contributed by atoms with E-state index in [4.69, 9.17) is 0 Å². The maximum absolute atomic E-state index is 12.5. The number of hydrogen-bond acceptors (Lipinski definition) is 3. The van der Waals surface area contributed by atoms with Gasteiger partial charge in [-0.05, 0) is 37.1 Å². The molecule has 2 heterocycles. The first-order valence-electron chi connectivity index (χ1n) is 8.82. The minimum absolute atomic E-state index is 0.161. The summed E-state index contributed by atoms with van der Waals surface area (Å²) >= 11 is 0. The monoisotopic (exact) mass is 364 g/mol. The molecule has 0 aliphatic heterocycles. The van der Waals surface area contributed by atoms with Crippen LogP contribution in [0.4, 0.5) is 0 Å². The Morgan fingerprint density at radius 3 is 2.22 bits per heavy atom. The summed E-state index contributed by atoms with van der Waals surface area (Å²) < 4.78 is 0. The fourth-order valence-electron chi connectivity index (χ4n) is 2.92. The fourth-order valence-corrected chi connectivity index (χ4v) is 2.92. The van der Waals surface area contributed by atoms with Gasteiger partial charge in [-0.25, -0.2) is 4.98 Å². The Balaban J connectivity index is 2.16. The van der Waals surface area contributed by atoms with Crippen molar-refractivity contribution in [3.8, 4) is 0 Å². The van der Waals surface area contributed by atoms with Crippen LogP contribution in [0.25, 0.3) is 12.2 Å². The van der Waals surface area contributed by atoms with Crippen molar-refractivity contribution in [2.45, 2.75) is 40.0 Å². The minimum atomic E-state index is -0.367. The number of hydrogen-bond donors (Lipinski definition) is 3. The van der Waals surface area contributed by atoms with Crippen LogP contribution in [0.15, 0.2) is 34.1 Å². The molecule has 0 aliphatic rings. The van der Waals surface area contributed by atoms with Crippen LogP contribution in [0.2, 0.25) is 0 Å². The molecule has 6 nitrogen and oxygen atoms in total. The Bertz CT molecular complexity index is 1220. The first-order valence-corrected chi connectivity index (χ1v) is 8.82. The molecule has 3 rings (SSSR count). The molecule has 0 bridgehead atoms. The van der Waals surface area contributed by atoms with Gasteiger partial charge >= 0.3 is 0 Å². The van der Waals surface area contributed by atoms with Gasteiger partial charge in [-0.2, -0.15) is 0 Å². The van der Waals surface area contributed by atoms with Crippen molar-refractivity contribution in [2.75, 3.05) is 0 Å². The largest absolute Gasteiger partial charge is 0.348 e. The molecule has 3 aromatic rings. The molecular formula is C21H24N4O2. The van der Waals surface area contributed by atoms with Gasteiger partial charge in [-0.15, -0.1) is 0 Å². The topological polar surface area (TPSA) is 94.4 Å². The van der Waals surface area contributed by atoms with Crippen molar-refractivity contribution in [1.29, 1.82) is 0 Å². The van der Waals surface area contributed by atoms with Gasteiger partial charge in [0.1, 0.15) is 10.7 Å². The van der Waals surface area contributed by atoms with E-state index < -0.39 is 0 Å². The number of rotatable bonds is 2. The molecule has 27 heavy (non-hydrogen) atoms. The lowest BCUT2D eigenvalue weighted by molar-refractivity contribution is 0.571. The summed E-state index contributed by atoms with van der Waals surface area (Å²) in [6, 6.07) is 5.97. The highest BCUT2D eigenvalue weighted by Gasteiger charge is 2.19. The highest BCUT2D eigenvalue weighted by Crippen LogP contribution is 2.22. The van der Waals surface area contributed by atoms with Crippen molar-refractivity contribution in [3.63, 3.8) is 0 Å². The van der Waals surface area contributed by atoms with E-state index >= 15 is 0 Å². The molecule has 0 spiro atoms.